The van der Waals surface area contributed by atoms with Crippen molar-refractivity contribution < 1.29 is 23.0 Å². The van der Waals surface area contributed by atoms with E-state index < -0.39 is 11.9 Å². The standard InChI is InChI=1S/C30H47F2N5O3/c1-8-11-28(14-13-25(3)32)33-18-16-30(38)35-29(15-17-31)12-10-22-40-27(5)26(4)34-24-39-23-21-37(7)20-19-36(6)9-2/h10-11,13-15,17,22,24,29,33H,3-5,8-9,12,16,18-21,23H2,1-2,6-7H3,(H,35,38)/b14-13-,17-15+,22-10+,28-11+,34-24+. The fraction of sp³-hybridized carbons (Fsp3) is 0.467. The lowest BCUT2D eigenvalue weighted by Crippen LogP contribution is -2.34. The lowest BCUT2D eigenvalue weighted by molar-refractivity contribution is -0.121. The molecule has 1 atom stereocenters. The highest BCUT2D eigenvalue weighted by Crippen LogP contribution is 2.09. The molecule has 0 fully saturated rings. The van der Waals surface area contributed by atoms with Crippen LogP contribution in [0.5, 0.6) is 0 Å². The summed E-state index contributed by atoms with van der Waals surface area (Å²) in [6.45, 7) is 19.4. The highest BCUT2D eigenvalue weighted by Gasteiger charge is 2.08. The van der Waals surface area contributed by atoms with Crippen molar-refractivity contribution in [3.63, 3.8) is 0 Å². The Morgan fingerprint density at radius 2 is 1.82 bits per heavy atom. The Morgan fingerprint density at radius 3 is 2.48 bits per heavy atom. The summed E-state index contributed by atoms with van der Waals surface area (Å²) < 4.78 is 36.5. The van der Waals surface area contributed by atoms with Crippen molar-refractivity contribution in [2.24, 2.45) is 4.99 Å². The zero-order chi connectivity index (χ0) is 30.2. The van der Waals surface area contributed by atoms with Crippen LogP contribution in [0.1, 0.15) is 33.1 Å². The van der Waals surface area contributed by atoms with Crippen LogP contribution in [0.4, 0.5) is 8.78 Å². The Balaban J connectivity index is 4.41. The summed E-state index contributed by atoms with van der Waals surface area (Å²) in [5, 5.41) is 5.80. The Labute approximate surface area is 239 Å². The number of allylic oxidation sites excluding steroid dienone is 4. The molecule has 0 bridgehead atoms. The van der Waals surface area contributed by atoms with E-state index in [1.54, 1.807) is 12.2 Å². The molecule has 1 unspecified atom stereocenters. The summed E-state index contributed by atoms with van der Waals surface area (Å²) in [6.07, 6.45) is 11.8. The highest BCUT2D eigenvalue weighted by atomic mass is 19.1. The lowest BCUT2D eigenvalue weighted by Gasteiger charge is -2.20. The van der Waals surface area contributed by atoms with Crippen LogP contribution in [0, 0.1) is 0 Å². The molecule has 40 heavy (non-hydrogen) atoms. The monoisotopic (exact) mass is 563 g/mol. The van der Waals surface area contributed by atoms with Crippen LogP contribution in [-0.4, -0.2) is 81.6 Å². The number of rotatable bonds is 23. The predicted octanol–water partition coefficient (Wildman–Crippen LogP) is 5.14. The van der Waals surface area contributed by atoms with Crippen molar-refractivity contribution in [2.45, 2.75) is 39.2 Å². The maximum absolute atomic E-state index is 12.8. The molecular formula is C30H47F2N5O3. The number of amides is 1. The molecule has 0 rings (SSSR count). The molecule has 0 radical (unpaired) electrons. The van der Waals surface area contributed by atoms with E-state index in [1.807, 2.05) is 20.0 Å². The molecule has 0 aromatic heterocycles. The summed E-state index contributed by atoms with van der Waals surface area (Å²) in [7, 11) is 4.12. The Kier molecular flexibility index (Phi) is 21.3. The van der Waals surface area contributed by atoms with Gasteiger partial charge in [0.05, 0.1) is 18.6 Å². The van der Waals surface area contributed by atoms with Crippen LogP contribution in [0.15, 0.2) is 90.7 Å². The molecule has 8 nitrogen and oxygen atoms in total. The Morgan fingerprint density at radius 1 is 1.10 bits per heavy atom. The molecular weight excluding hydrogens is 516 g/mol. The predicted molar refractivity (Wildman–Crippen MR) is 161 cm³/mol. The van der Waals surface area contributed by atoms with Gasteiger partial charge in [0.25, 0.3) is 0 Å². The summed E-state index contributed by atoms with van der Waals surface area (Å²) in [5.41, 5.74) is 0.983. The highest BCUT2D eigenvalue weighted by molar-refractivity contribution is 5.76. The van der Waals surface area contributed by atoms with Crippen molar-refractivity contribution >= 4 is 12.3 Å². The average Bonchev–Trinajstić information content (AvgIpc) is 2.92. The van der Waals surface area contributed by atoms with Gasteiger partial charge in [-0.05, 0) is 57.8 Å². The molecule has 0 saturated carbocycles. The molecule has 0 aromatic rings. The summed E-state index contributed by atoms with van der Waals surface area (Å²) in [6, 6.07) is -0.568. The molecule has 0 heterocycles. The molecule has 0 aliphatic heterocycles. The molecule has 2 N–H and O–H groups in total. The third-order valence-electron chi connectivity index (χ3n) is 5.50. The SMILES string of the molecule is C=C(F)/C=C\C(=C/CC)NCCC(=O)NC(/C=C/F)C/C=C/OC(=C)C(=C)/N=C/OCCN(C)CCN(C)CC. The normalized spacial score (nSPS) is 13.2. The van der Waals surface area contributed by atoms with Crippen molar-refractivity contribution in [1.82, 2.24) is 20.4 Å². The molecule has 0 aliphatic carbocycles. The van der Waals surface area contributed by atoms with Crippen LogP contribution in [0.3, 0.4) is 0 Å². The maximum Gasteiger partial charge on any atom is 0.222 e. The summed E-state index contributed by atoms with van der Waals surface area (Å²) >= 11 is 0. The van der Waals surface area contributed by atoms with Gasteiger partial charge in [0.15, 0.2) is 6.40 Å². The van der Waals surface area contributed by atoms with E-state index in [2.05, 4.69) is 59.1 Å². The van der Waals surface area contributed by atoms with Gasteiger partial charge in [0, 0.05) is 38.3 Å². The van der Waals surface area contributed by atoms with Crippen LogP contribution in [-0.2, 0) is 14.3 Å². The number of ether oxygens (including phenoxy) is 2. The van der Waals surface area contributed by atoms with E-state index >= 15 is 0 Å². The number of hydrogen-bond donors (Lipinski definition) is 2. The Hall–Kier alpha value is -3.50. The largest absolute Gasteiger partial charge is 0.482 e. The molecule has 0 aromatic carbocycles. The van der Waals surface area contributed by atoms with Gasteiger partial charge in [0.2, 0.25) is 5.91 Å². The van der Waals surface area contributed by atoms with Crippen LogP contribution in [0.2, 0.25) is 0 Å². The first-order chi connectivity index (χ1) is 19.1. The third kappa shape index (κ3) is 20.5. The zero-order valence-corrected chi connectivity index (χ0v) is 24.5. The minimum absolute atomic E-state index is 0.144. The molecule has 1 amide bonds. The first-order valence-corrected chi connectivity index (χ1v) is 13.4. The van der Waals surface area contributed by atoms with E-state index in [-0.39, 0.29) is 24.5 Å². The van der Waals surface area contributed by atoms with Gasteiger partial charge in [-0.25, -0.2) is 13.8 Å². The summed E-state index contributed by atoms with van der Waals surface area (Å²) in [4.78, 5) is 20.8. The zero-order valence-electron chi connectivity index (χ0n) is 24.5. The molecule has 224 valence electrons. The van der Waals surface area contributed by atoms with Crippen LogP contribution in [0.25, 0.3) is 0 Å². The average molecular weight is 564 g/mol. The quantitative estimate of drug-likeness (QED) is 0.0589. The van der Waals surface area contributed by atoms with E-state index in [9.17, 15) is 13.6 Å². The number of aliphatic imine (C=N–C) groups is 1. The minimum Gasteiger partial charge on any atom is -0.482 e. The maximum atomic E-state index is 12.8. The van der Waals surface area contributed by atoms with Gasteiger partial charge in [-0.15, -0.1) is 0 Å². The first kappa shape index (κ1) is 36.5. The fourth-order valence-corrected chi connectivity index (χ4v) is 2.92. The van der Waals surface area contributed by atoms with Crippen molar-refractivity contribution in [3.05, 3.63) is 85.7 Å². The van der Waals surface area contributed by atoms with Crippen molar-refractivity contribution in [2.75, 3.05) is 53.4 Å². The van der Waals surface area contributed by atoms with Gasteiger partial charge in [-0.3, -0.25) is 4.79 Å². The number of nitrogens with one attached hydrogen (secondary N) is 2. The number of carbonyl (C=O) groups excluding carboxylic acids is 1. The van der Waals surface area contributed by atoms with Gasteiger partial charge in [0.1, 0.15) is 23.9 Å². The number of nitrogens with zero attached hydrogens (tertiary/aromatic N) is 3. The fourth-order valence-electron chi connectivity index (χ4n) is 2.92. The molecule has 0 saturated heterocycles. The second-order valence-corrected chi connectivity index (χ2v) is 8.92. The van der Waals surface area contributed by atoms with Gasteiger partial charge in [-0.2, -0.15) is 0 Å². The number of hydrogen-bond acceptors (Lipinski definition) is 7. The number of carbonyl (C=O) groups is 1. The minimum atomic E-state index is -0.568. The molecule has 0 spiro atoms. The smallest absolute Gasteiger partial charge is 0.222 e. The third-order valence-corrected chi connectivity index (χ3v) is 5.50. The second-order valence-electron chi connectivity index (χ2n) is 8.92. The van der Waals surface area contributed by atoms with Crippen LogP contribution >= 0.6 is 0 Å². The van der Waals surface area contributed by atoms with E-state index in [4.69, 9.17) is 9.47 Å². The number of halogens is 2. The Bertz CT molecular complexity index is 928. The first-order valence-electron chi connectivity index (χ1n) is 13.4. The summed E-state index contributed by atoms with van der Waals surface area (Å²) in [5.74, 6) is -0.606. The van der Waals surface area contributed by atoms with E-state index in [0.717, 1.165) is 32.6 Å². The molecule has 0 aliphatic rings. The van der Waals surface area contributed by atoms with Gasteiger partial charge < -0.3 is 29.9 Å². The van der Waals surface area contributed by atoms with Crippen molar-refractivity contribution in [1.29, 1.82) is 0 Å². The van der Waals surface area contributed by atoms with Gasteiger partial charge in [-0.1, -0.05) is 39.7 Å². The van der Waals surface area contributed by atoms with Gasteiger partial charge >= 0.3 is 0 Å². The number of likely N-dealkylation sites (N-methyl/N-ethyl adjacent to an activating group) is 2. The lowest BCUT2D eigenvalue weighted by atomic mass is 10.2. The van der Waals surface area contributed by atoms with Crippen LogP contribution < -0.4 is 10.6 Å². The van der Waals surface area contributed by atoms with E-state index in [1.165, 1.54) is 24.8 Å². The topological polar surface area (TPSA) is 78.4 Å². The second kappa shape index (κ2) is 23.4. The molecule has 10 heteroatoms. The van der Waals surface area contributed by atoms with Crippen molar-refractivity contribution in [3.8, 4) is 0 Å². The van der Waals surface area contributed by atoms with E-state index in [0.29, 0.717) is 30.9 Å².